The van der Waals surface area contributed by atoms with Crippen molar-refractivity contribution in [1.29, 1.82) is 5.26 Å². The van der Waals surface area contributed by atoms with Crippen LogP contribution in [0.5, 0.6) is 0 Å². The van der Waals surface area contributed by atoms with Gasteiger partial charge < -0.3 is 9.30 Å². The molecule has 9 heteroatoms. The average Bonchev–Trinajstić information content (AvgIpc) is 2.91. The number of benzene rings is 1. The van der Waals surface area contributed by atoms with Crippen LogP contribution in [0, 0.1) is 20.9 Å². The highest BCUT2D eigenvalue weighted by molar-refractivity contribution is 14.1. The van der Waals surface area contributed by atoms with Crippen LogP contribution in [0.25, 0.3) is 10.9 Å². The SMILES string of the molecule is COC(=O)C1CCC(NS(=O)(=O)c2ccc3c(C#N)c(I)n(C)c3c2)CC1. The molecule has 2 aromatic rings. The van der Waals surface area contributed by atoms with Crippen molar-refractivity contribution in [2.45, 2.75) is 36.6 Å². The monoisotopic (exact) mass is 501 g/mol. The number of nitriles is 1. The number of hydrogen-bond acceptors (Lipinski definition) is 5. The highest BCUT2D eigenvalue weighted by atomic mass is 127. The molecular formula is C18H20IN3O4S. The molecule has 3 rings (SSSR count). The Morgan fingerprint density at radius 1 is 1.33 bits per heavy atom. The lowest BCUT2D eigenvalue weighted by atomic mass is 9.86. The molecule has 144 valence electrons. The van der Waals surface area contributed by atoms with Gasteiger partial charge in [-0.15, -0.1) is 0 Å². The molecule has 1 aromatic heterocycles. The maximum atomic E-state index is 12.8. The number of hydrogen-bond donors (Lipinski definition) is 1. The smallest absolute Gasteiger partial charge is 0.308 e. The molecule has 27 heavy (non-hydrogen) atoms. The third-order valence-corrected chi connectivity index (χ3v) is 7.89. The van der Waals surface area contributed by atoms with Crippen LogP contribution < -0.4 is 4.72 Å². The predicted octanol–water partition coefficient (Wildman–Crippen LogP) is 2.66. The molecular weight excluding hydrogens is 481 g/mol. The molecule has 0 saturated heterocycles. The predicted molar refractivity (Wildman–Crippen MR) is 108 cm³/mol. The van der Waals surface area contributed by atoms with Crippen molar-refractivity contribution in [2.75, 3.05) is 7.11 Å². The summed E-state index contributed by atoms with van der Waals surface area (Å²) < 4.78 is 35.7. The number of methoxy groups -OCH3 is 1. The van der Waals surface area contributed by atoms with Crippen molar-refractivity contribution in [3.05, 3.63) is 27.5 Å². The van der Waals surface area contributed by atoms with Crippen LogP contribution in [-0.2, 0) is 26.6 Å². The number of nitrogens with one attached hydrogen (secondary N) is 1. The van der Waals surface area contributed by atoms with Gasteiger partial charge in [0.15, 0.2) is 0 Å². The summed E-state index contributed by atoms with van der Waals surface area (Å²) in [5.41, 5.74) is 1.25. The number of halogens is 1. The van der Waals surface area contributed by atoms with Gasteiger partial charge in [-0.25, -0.2) is 13.1 Å². The molecule has 0 atom stereocenters. The average molecular weight is 501 g/mol. The van der Waals surface area contributed by atoms with Gasteiger partial charge in [0.25, 0.3) is 0 Å². The molecule has 1 heterocycles. The van der Waals surface area contributed by atoms with Crippen LogP contribution in [0.3, 0.4) is 0 Å². The summed E-state index contributed by atoms with van der Waals surface area (Å²) in [4.78, 5) is 11.8. The molecule has 1 N–H and O–H groups in total. The van der Waals surface area contributed by atoms with Gasteiger partial charge in [0.2, 0.25) is 10.0 Å². The minimum Gasteiger partial charge on any atom is -0.469 e. The fourth-order valence-corrected chi connectivity index (χ4v) is 5.56. The van der Waals surface area contributed by atoms with E-state index >= 15 is 0 Å². The Hall–Kier alpha value is -1.64. The van der Waals surface area contributed by atoms with E-state index < -0.39 is 10.0 Å². The van der Waals surface area contributed by atoms with Crippen LogP contribution in [-0.4, -0.2) is 32.1 Å². The van der Waals surface area contributed by atoms with Gasteiger partial charge in [0.1, 0.15) is 6.07 Å². The van der Waals surface area contributed by atoms with E-state index in [0.717, 1.165) is 9.09 Å². The number of carbonyl (C=O) groups excluding carboxylic acids is 1. The number of rotatable bonds is 4. The molecule has 0 bridgehead atoms. The number of nitrogens with zero attached hydrogens (tertiary/aromatic N) is 2. The minimum atomic E-state index is -3.69. The first kappa shape index (κ1) is 20.1. The molecule has 1 aliphatic rings. The van der Waals surface area contributed by atoms with Gasteiger partial charge in [-0.05, 0) is 60.4 Å². The second-order valence-corrected chi connectivity index (χ2v) is 9.44. The van der Waals surface area contributed by atoms with Gasteiger partial charge in [-0.2, -0.15) is 5.26 Å². The van der Waals surface area contributed by atoms with Crippen LogP contribution in [0.1, 0.15) is 31.2 Å². The standard InChI is InChI=1S/C18H20IN3O4S/c1-22-16-9-13(7-8-14(16)15(10-20)17(22)19)27(24,25)21-12-5-3-11(4-6-12)18(23)26-2/h7-9,11-12,21H,3-6H2,1-2H3. The third kappa shape index (κ3) is 3.83. The van der Waals surface area contributed by atoms with Crippen molar-refractivity contribution in [1.82, 2.24) is 9.29 Å². The Kier molecular flexibility index (Phi) is 5.79. The highest BCUT2D eigenvalue weighted by Gasteiger charge is 2.30. The zero-order valence-electron chi connectivity index (χ0n) is 15.0. The molecule has 0 radical (unpaired) electrons. The molecule has 0 amide bonds. The second-order valence-electron chi connectivity index (χ2n) is 6.71. The number of carbonyl (C=O) groups is 1. The second kappa shape index (κ2) is 7.77. The van der Waals surface area contributed by atoms with Gasteiger partial charge in [-0.1, -0.05) is 6.07 Å². The van der Waals surface area contributed by atoms with E-state index in [9.17, 15) is 18.5 Å². The van der Waals surface area contributed by atoms with Gasteiger partial charge >= 0.3 is 5.97 Å². The Labute approximate surface area is 171 Å². The van der Waals surface area contributed by atoms with E-state index in [4.69, 9.17) is 4.74 Å². The fourth-order valence-electron chi connectivity index (χ4n) is 3.56. The minimum absolute atomic E-state index is 0.151. The Balaban J connectivity index is 1.81. The Morgan fingerprint density at radius 3 is 2.59 bits per heavy atom. The topological polar surface area (TPSA) is 101 Å². The number of aryl methyl sites for hydroxylation is 1. The summed E-state index contributed by atoms with van der Waals surface area (Å²) in [5, 5.41) is 10.1. The van der Waals surface area contributed by atoms with Crippen LogP contribution in [0.4, 0.5) is 0 Å². The molecule has 7 nitrogen and oxygen atoms in total. The van der Waals surface area contributed by atoms with E-state index in [1.54, 1.807) is 12.1 Å². The lowest BCUT2D eigenvalue weighted by Crippen LogP contribution is -2.38. The molecule has 0 spiro atoms. The Bertz CT molecular complexity index is 1030. The first-order chi connectivity index (χ1) is 12.8. The number of ether oxygens (including phenoxy) is 1. The summed E-state index contributed by atoms with van der Waals surface area (Å²) in [6, 6.07) is 6.78. The first-order valence-corrected chi connectivity index (χ1v) is 11.1. The maximum Gasteiger partial charge on any atom is 0.308 e. The number of aromatic nitrogens is 1. The lowest BCUT2D eigenvalue weighted by Gasteiger charge is -2.27. The molecule has 1 saturated carbocycles. The highest BCUT2D eigenvalue weighted by Crippen LogP contribution is 2.29. The fraction of sp³-hybridized carbons (Fsp3) is 0.444. The quantitative estimate of drug-likeness (QED) is 0.513. The summed E-state index contributed by atoms with van der Waals surface area (Å²) in [7, 11) is -0.507. The largest absolute Gasteiger partial charge is 0.469 e. The van der Waals surface area contributed by atoms with E-state index in [1.807, 2.05) is 11.6 Å². The molecule has 0 unspecified atom stereocenters. The number of sulfonamides is 1. The first-order valence-electron chi connectivity index (χ1n) is 8.56. The molecule has 0 aliphatic heterocycles. The summed E-state index contributed by atoms with van der Waals surface area (Å²) >= 11 is 2.08. The van der Waals surface area contributed by atoms with E-state index in [0.29, 0.717) is 36.8 Å². The normalized spacial score (nSPS) is 20.4. The van der Waals surface area contributed by atoms with Crippen molar-refractivity contribution in [3.63, 3.8) is 0 Å². The summed E-state index contributed by atoms with van der Waals surface area (Å²) in [6.45, 7) is 0. The van der Waals surface area contributed by atoms with Gasteiger partial charge in [0.05, 0.1) is 32.7 Å². The maximum absolute atomic E-state index is 12.8. The summed E-state index contributed by atoms with van der Waals surface area (Å²) in [5.74, 6) is -0.379. The zero-order valence-corrected chi connectivity index (χ0v) is 18.0. The van der Waals surface area contributed by atoms with Crippen molar-refractivity contribution in [3.8, 4) is 6.07 Å². The van der Waals surface area contributed by atoms with Crippen molar-refractivity contribution in [2.24, 2.45) is 13.0 Å². The third-order valence-electron chi connectivity index (χ3n) is 5.11. The van der Waals surface area contributed by atoms with Gasteiger partial charge in [0, 0.05) is 18.5 Å². The van der Waals surface area contributed by atoms with Crippen molar-refractivity contribution < 1.29 is 17.9 Å². The van der Waals surface area contributed by atoms with Gasteiger partial charge in [-0.3, -0.25) is 4.79 Å². The van der Waals surface area contributed by atoms with Crippen LogP contribution >= 0.6 is 22.6 Å². The molecule has 1 fully saturated rings. The molecule has 1 aliphatic carbocycles. The molecule has 1 aromatic carbocycles. The van der Waals surface area contributed by atoms with Crippen LogP contribution in [0.15, 0.2) is 23.1 Å². The van der Waals surface area contributed by atoms with E-state index in [1.165, 1.54) is 13.2 Å². The van der Waals surface area contributed by atoms with E-state index in [-0.39, 0.29) is 22.8 Å². The van der Waals surface area contributed by atoms with Crippen LogP contribution in [0.2, 0.25) is 0 Å². The number of esters is 1. The van der Waals surface area contributed by atoms with Crippen molar-refractivity contribution >= 4 is 49.5 Å². The zero-order chi connectivity index (χ0) is 19.8. The summed E-state index contributed by atoms with van der Waals surface area (Å²) in [6.07, 6.45) is 2.42. The number of fused-ring (bicyclic) bond motifs is 1. The Morgan fingerprint density at radius 2 is 2.00 bits per heavy atom. The van der Waals surface area contributed by atoms with E-state index in [2.05, 4.69) is 33.4 Å². The lowest BCUT2D eigenvalue weighted by molar-refractivity contribution is -0.146.